The third-order valence-corrected chi connectivity index (χ3v) is 1.91. The van der Waals surface area contributed by atoms with Crippen molar-refractivity contribution < 1.29 is 4.92 Å². The summed E-state index contributed by atoms with van der Waals surface area (Å²) in [5.41, 5.74) is 0.974. The van der Waals surface area contributed by atoms with Crippen LogP contribution in [0.4, 0.5) is 11.4 Å². The van der Waals surface area contributed by atoms with E-state index in [9.17, 15) is 10.1 Å². The van der Waals surface area contributed by atoms with E-state index in [0.29, 0.717) is 0 Å². The van der Waals surface area contributed by atoms with E-state index in [4.69, 9.17) is 6.42 Å². The Morgan fingerprint density at radius 2 is 2.07 bits per heavy atom. The number of unbranched alkanes of at least 4 members (excludes halogenated alkanes) is 1. The summed E-state index contributed by atoms with van der Waals surface area (Å²) in [5.74, 6) is 2.55. The maximum Gasteiger partial charge on any atom is 0.269 e. The van der Waals surface area contributed by atoms with Crippen molar-refractivity contribution in [3.63, 3.8) is 0 Å². The van der Waals surface area contributed by atoms with E-state index in [1.165, 1.54) is 12.1 Å². The molecule has 4 heteroatoms. The first-order valence-electron chi connectivity index (χ1n) is 4.66. The molecule has 1 rings (SSSR count). The van der Waals surface area contributed by atoms with Crippen LogP contribution in [-0.2, 0) is 0 Å². The lowest BCUT2D eigenvalue weighted by atomic mass is 10.2. The van der Waals surface area contributed by atoms with Gasteiger partial charge in [0.2, 0.25) is 0 Å². The van der Waals surface area contributed by atoms with Gasteiger partial charge >= 0.3 is 0 Å². The number of hydrogen-bond acceptors (Lipinski definition) is 3. The Balaban J connectivity index is 2.43. The molecule has 15 heavy (non-hydrogen) atoms. The molecule has 0 amide bonds. The van der Waals surface area contributed by atoms with Crippen LogP contribution in [0.15, 0.2) is 24.3 Å². The van der Waals surface area contributed by atoms with Crippen LogP contribution in [0.25, 0.3) is 0 Å². The minimum atomic E-state index is -0.415. The third kappa shape index (κ3) is 3.69. The molecule has 0 aliphatic heterocycles. The number of nitrogens with one attached hydrogen (secondary N) is 1. The first-order chi connectivity index (χ1) is 7.24. The standard InChI is InChI=1S/C11H12N2O2/c1-2-3-4-9-12-10-5-7-11(8-6-10)13(14)15/h1,5-8,12H,3-4,9H2. The monoisotopic (exact) mass is 204 g/mol. The summed E-state index contributed by atoms with van der Waals surface area (Å²) in [6.07, 6.45) is 6.74. The topological polar surface area (TPSA) is 55.2 Å². The quantitative estimate of drug-likeness (QED) is 0.347. The lowest BCUT2D eigenvalue weighted by Crippen LogP contribution is -2.00. The predicted molar refractivity (Wildman–Crippen MR) is 59.7 cm³/mol. The van der Waals surface area contributed by atoms with E-state index in [1.54, 1.807) is 12.1 Å². The van der Waals surface area contributed by atoms with Gasteiger partial charge in [-0.2, -0.15) is 0 Å². The Morgan fingerprint density at radius 1 is 1.40 bits per heavy atom. The smallest absolute Gasteiger partial charge is 0.269 e. The molecule has 0 aromatic heterocycles. The van der Waals surface area contributed by atoms with E-state index in [-0.39, 0.29) is 5.69 Å². The van der Waals surface area contributed by atoms with Crippen LogP contribution in [0, 0.1) is 22.5 Å². The zero-order valence-corrected chi connectivity index (χ0v) is 8.27. The molecule has 0 saturated carbocycles. The van der Waals surface area contributed by atoms with Crippen LogP contribution in [0.2, 0.25) is 0 Å². The van der Waals surface area contributed by atoms with Gasteiger partial charge in [-0.1, -0.05) is 0 Å². The summed E-state index contributed by atoms with van der Waals surface area (Å²) < 4.78 is 0. The van der Waals surface area contributed by atoms with Crippen molar-refractivity contribution in [1.29, 1.82) is 0 Å². The molecule has 0 heterocycles. The van der Waals surface area contributed by atoms with Crippen molar-refractivity contribution in [3.05, 3.63) is 34.4 Å². The normalized spacial score (nSPS) is 9.27. The van der Waals surface area contributed by atoms with Crippen LogP contribution in [-0.4, -0.2) is 11.5 Å². The molecule has 0 saturated heterocycles. The van der Waals surface area contributed by atoms with Crippen molar-refractivity contribution in [2.45, 2.75) is 12.8 Å². The van der Waals surface area contributed by atoms with E-state index in [0.717, 1.165) is 25.1 Å². The Labute approximate surface area is 88.5 Å². The molecule has 0 atom stereocenters. The number of benzene rings is 1. The number of terminal acetylenes is 1. The van der Waals surface area contributed by atoms with E-state index < -0.39 is 4.92 Å². The maximum atomic E-state index is 10.4. The molecule has 1 N–H and O–H groups in total. The number of anilines is 1. The van der Waals surface area contributed by atoms with Crippen LogP contribution in [0.5, 0.6) is 0 Å². The van der Waals surface area contributed by atoms with Crippen LogP contribution in [0.3, 0.4) is 0 Å². The number of nitro benzene ring substituents is 1. The molecule has 0 aliphatic carbocycles. The number of hydrogen-bond donors (Lipinski definition) is 1. The molecule has 0 fully saturated rings. The van der Waals surface area contributed by atoms with Crippen molar-refractivity contribution >= 4 is 11.4 Å². The summed E-state index contributed by atoms with van der Waals surface area (Å²) in [6.45, 7) is 0.780. The van der Waals surface area contributed by atoms with Crippen LogP contribution >= 0.6 is 0 Å². The number of rotatable bonds is 5. The predicted octanol–water partition coefficient (Wildman–Crippen LogP) is 2.42. The van der Waals surface area contributed by atoms with Crippen LogP contribution in [0.1, 0.15) is 12.8 Å². The van der Waals surface area contributed by atoms with Crippen molar-refractivity contribution in [2.24, 2.45) is 0 Å². The fourth-order valence-electron chi connectivity index (χ4n) is 1.12. The van der Waals surface area contributed by atoms with Crippen LogP contribution < -0.4 is 5.32 Å². The Kier molecular flexibility index (Phi) is 4.17. The lowest BCUT2D eigenvalue weighted by Gasteiger charge is -2.03. The lowest BCUT2D eigenvalue weighted by molar-refractivity contribution is -0.384. The summed E-state index contributed by atoms with van der Waals surface area (Å²) in [6, 6.07) is 6.33. The highest BCUT2D eigenvalue weighted by atomic mass is 16.6. The van der Waals surface area contributed by atoms with Gasteiger partial charge in [0.15, 0.2) is 0 Å². The van der Waals surface area contributed by atoms with Gasteiger partial charge in [-0.05, 0) is 18.6 Å². The first kappa shape index (κ1) is 11.1. The molecular formula is C11H12N2O2. The minimum absolute atomic E-state index is 0.101. The molecule has 1 aromatic rings. The van der Waals surface area contributed by atoms with Crippen molar-refractivity contribution in [3.8, 4) is 12.3 Å². The molecular weight excluding hydrogens is 192 g/mol. The highest BCUT2D eigenvalue weighted by Crippen LogP contribution is 2.15. The molecule has 1 aromatic carbocycles. The Bertz CT molecular complexity index is 365. The second kappa shape index (κ2) is 5.66. The van der Waals surface area contributed by atoms with Gasteiger partial charge in [-0.3, -0.25) is 10.1 Å². The molecule has 0 radical (unpaired) electrons. The summed E-state index contributed by atoms with van der Waals surface area (Å²) in [4.78, 5) is 9.96. The summed E-state index contributed by atoms with van der Waals surface area (Å²) in [5, 5.41) is 13.5. The second-order valence-electron chi connectivity index (χ2n) is 3.04. The zero-order chi connectivity index (χ0) is 11.1. The number of nitrogens with zero attached hydrogens (tertiary/aromatic N) is 1. The van der Waals surface area contributed by atoms with Gasteiger partial charge < -0.3 is 5.32 Å². The highest BCUT2D eigenvalue weighted by Gasteiger charge is 2.02. The fraction of sp³-hybridized carbons (Fsp3) is 0.273. The summed E-state index contributed by atoms with van der Waals surface area (Å²) in [7, 11) is 0. The number of non-ortho nitro benzene ring substituents is 1. The van der Waals surface area contributed by atoms with Gasteiger partial charge in [-0.15, -0.1) is 12.3 Å². The zero-order valence-electron chi connectivity index (χ0n) is 8.27. The third-order valence-electron chi connectivity index (χ3n) is 1.91. The van der Waals surface area contributed by atoms with Crippen molar-refractivity contribution in [1.82, 2.24) is 0 Å². The molecule has 0 bridgehead atoms. The van der Waals surface area contributed by atoms with Gasteiger partial charge in [0, 0.05) is 30.8 Å². The second-order valence-corrected chi connectivity index (χ2v) is 3.04. The van der Waals surface area contributed by atoms with E-state index in [2.05, 4.69) is 11.2 Å². The van der Waals surface area contributed by atoms with E-state index in [1.807, 2.05) is 0 Å². The molecule has 78 valence electrons. The molecule has 0 spiro atoms. The largest absolute Gasteiger partial charge is 0.385 e. The molecule has 0 aliphatic rings. The molecule has 4 nitrogen and oxygen atoms in total. The average molecular weight is 204 g/mol. The van der Waals surface area contributed by atoms with Gasteiger partial charge in [0.25, 0.3) is 5.69 Å². The summed E-state index contributed by atoms with van der Waals surface area (Å²) >= 11 is 0. The van der Waals surface area contributed by atoms with E-state index >= 15 is 0 Å². The maximum absolute atomic E-state index is 10.4. The minimum Gasteiger partial charge on any atom is -0.385 e. The fourth-order valence-corrected chi connectivity index (χ4v) is 1.12. The Hall–Kier alpha value is -2.02. The first-order valence-corrected chi connectivity index (χ1v) is 4.66. The average Bonchev–Trinajstić information content (AvgIpc) is 2.25. The van der Waals surface area contributed by atoms with Crippen molar-refractivity contribution in [2.75, 3.05) is 11.9 Å². The Morgan fingerprint density at radius 3 is 2.60 bits per heavy atom. The van der Waals surface area contributed by atoms with Gasteiger partial charge in [0.05, 0.1) is 4.92 Å². The van der Waals surface area contributed by atoms with Gasteiger partial charge in [-0.25, -0.2) is 0 Å². The highest BCUT2D eigenvalue weighted by molar-refractivity contribution is 5.48. The van der Waals surface area contributed by atoms with Gasteiger partial charge in [0.1, 0.15) is 0 Å². The SMILES string of the molecule is C#CCCCNc1ccc([N+](=O)[O-])cc1. The number of nitro groups is 1. The molecule has 0 unspecified atom stereocenters.